The van der Waals surface area contributed by atoms with Gasteiger partial charge >= 0.3 is 6.18 Å². The summed E-state index contributed by atoms with van der Waals surface area (Å²) in [5.74, 6) is -0.587. The smallest absolute Gasteiger partial charge is 0.329 e. The van der Waals surface area contributed by atoms with E-state index in [-0.39, 0.29) is 11.5 Å². The zero-order chi connectivity index (χ0) is 19.3. The lowest BCUT2D eigenvalue weighted by Gasteiger charge is -2.30. The van der Waals surface area contributed by atoms with Crippen molar-refractivity contribution in [1.82, 2.24) is 14.5 Å². The van der Waals surface area contributed by atoms with E-state index in [4.69, 9.17) is 0 Å². The topological polar surface area (TPSA) is 55.2 Å². The zero-order valence-corrected chi connectivity index (χ0v) is 15.7. The number of carbonyl (C=O) groups is 1. The van der Waals surface area contributed by atoms with E-state index >= 15 is 0 Å². The van der Waals surface area contributed by atoms with Crippen LogP contribution in [0.15, 0.2) is 11.1 Å². The van der Waals surface area contributed by atoms with Gasteiger partial charge in [0.25, 0.3) is 5.56 Å². The van der Waals surface area contributed by atoms with Gasteiger partial charge in [-0.25, -0.2) is 4.98 Å². The van der Waals surface area contributed by atoms with Crippen molar-refractivity contribution in [3.05, 3.63) is 27.1 Å². The van der Waals surface area contributed by atoms with Crippen LogP contribution >= 0.6 is 11.3 Å². The Kier molecular flexibility index (Phi) is 4.52. The maximum absolute atomic E-state index is 13.0. The van der Waals surface area contributed by atoms with E-state index < -0.39 is 31.2 Å². The summed E-state index contributed by atoms with van der Waals surface area (Å²) in [6, 6.07) is -0.489. The van der Waals surface area contributed by atoms with Crippen molar-refractivity contribution < 1.29 is 18.0 Å². The molecule has 4 rings (SSSR count). The Bertz CT molecular complexity index is 946. The summed E-state index contributed by atoms with van der Waals surface area (Å²) in [5, 5.41) is 0.528. The van der Waals surface area contributed by atoms with E-state index in [9.17, 15) is 22.8 Å². The third kappa shape index (κ3) is 3.61. The van der Waals surface area contributed by atoms with Crippen LogP contribution in [-0.4, -0.2) is 39.1 Å². The molecule has 0 saturated heterocycles. The summed E-state index contributed by atoms with van der Waals surface area (Å²) >= 11 is 1.49. The molecule has 27 heavy (non-hydrogen) atoms. The van der Waals surface area contributed by atoms with Crippen LogP contribution in [0.25, 0.3) is 10.2 Å². The highest BCUT2D eigenvalue weighted by atomic mass is 32.1. The van der Waals surface area contributed by atoms with Gasteiger partial charge in [0.1, 0.15) is 17.9 Å². The van der Waals surface area contributed by atoms with Crippen LogP contribution in [0, 0.1) is 5.92 Å². The number of rotatable bonds is 5. The second kappa shape index (κ2) is 6.61. The maximum atomic E-state index is 13.0. The molecule has 0 aliphatic heterocycles. The monoisotopic (exact) mass is 399 g/mol. The van der Waals surface area contributed by atoms with E-state index in [0.717, 1.165) is 52.0 Å². The molecule has 1 saturated carbocycles. The SMILES string of the molecule is C[C@H](C1CC1)N(CC(F)(F)F)C(=O)Cn1cnc2sc3c(c2c1=O)CCC3. The minimum absolute atomic E-state index is 0.105. The number of aryl methyl sites for hydroxylation is 2. The van der Waals surface area contributed by atoms with Crippen LogP contribution in [-0.2, 0) is 24.2 Å². The Balaban J connectivity index is 1.62. The standard InChI is InChI=1S/C18H20F3N3O2S/c1-10(11-5-6-11)24(8-18(19,20)21)14(25)7-23-9-22-16-15(17(23)26)12-3-2-4-13(12)27-16/h9-11H,2-8H2,1H3/t10-/m1/s1. The molecule has 0 spiro atoms. The lowest BCUT2D eigenvalue weighted by molar-refractivity contribution is -0.166. The van der Waals surface area contributed by atoms with E-state index in [1.807, 2.05) is 0 Å². The van der Waals surface area contributed by atoms with Crippen molar-refractivity contribution in [2.24, 2.45) is 5.92 Å². The molecule has 2 aliphatic rings. The number of fused-ring (bicyclic) bond motifs is 3. The number of nitrogens with zero attached hydrogens (tertiary/aromatic N) is 3. The van der Waals surface area contributed by atoms with Crippen LogP contribution in [0.5, 0.6) is 0 Å². The van der Waals surface area contributed by atoms with Crippen molar-refractivity contribution >= 4 is 27.5 Å². The van der Waals surface area contributed by atoms with Crippen LogP contribution in [0.1, 0.15) is 36.6 Å². The van der Waals surface area contributed by atoms with Gasteiger partial charge in [0, 0.05) is 10.9 Å². The lowest BCUT2D eigenvalue weighted by Crippen LogP contribution is -2.47. The lowest BCUT2D eigenvalue weighted by atomic mass is 10.1. The van der Waals surface area contributed by atoms with Gasteiger partial charge < -0.3 is 4.90 Å². The van der Waals surface area contributed by atoms with Gasteiger partial charge in [-0.1, -0.05) is 0 Å². The van der Waals surface area contributed by atoms with Gasteiger partial charge in [-0.2, -0.15) is 13.2 Å². The number of aromatic nitrogens is 2. The number of thiophene rings is 1. The van der Waals surface area contributed by atoms with Crippen molar-refractivity contribution in [2.45, 2.75) is 57.8 Å². The summed E-state index contributed by atoms with van der Waals surface area (Å²) in [6.07, 6.45) is 1.19. The first-order valence-electron chi connectivity index (χ1n) is 9.10. The molecule has 1 fully saturated rings. The van der Waals surface area contributed by atoms with E-state index in [1.54, 1.807) is 6.92 Å². The van der Waals surface area contributed by atoms with Crippen molar-refractivity contribution in [3.63, 3.8) is 0 Å². The first-order valence-corrected chi connectivity index (χ1v) is 9.92. The second-order valence-corrected chi connectivity index (χ2v) is 8.51. The van der Waals surface area contributed by atoms with Crippen molar-refractivity contribution in [2.75, 3.05) is 6.54 Å². The van der Waals surface area contributed by atoms with Crippen LogP contribution < -0.4 is 5.56 Å². The highest BCUT2D eigenvalue weighted by Gasteiger charge is 2.40. The van der Waals surface area contributed by atoms with Gasteiger partial charge in [0.15, 0.2) is 0 Å². The van der Waals surface area contributed by atoms with Gasteiger partial charge in [0.05, 0.1) is 11.7 Å². The van der Waals surface area contributed by atoms with E-state index in [0.29, 0.717) is 10.2 Å². The number of amides is 1. The normalized spacial score (nSPS) is 17.9. The minimum atomic E-state index is -4.47. The number of halogens is 3. The first kappa shape index (κ1) is 18.5. The fourth-order valence-electron chi connectivity index (χ4n) is 3.85. The number of hydrogen-bond acceptors (Lipinski definition) is 4. The van der Waals surface area contributed by atoms with Crippen molar-refractivity contribution in [3.8, 4) is 0 Å². The van der Waals surface area contributed by atoms with E-state index in [2.05, 4.69) is 4.98 Å². The minimum Gasteiger partial charge on any atom is -0.329 e. The number of carbonyl (C=O) groups excluding carboxylic acids is 1. The molecule has 0 unspecified atom stereocenters. The predicted molar refractivity (Wildman–Crippen MR) is 95.9 cm³/mol. The van der Waals surface area contributed by atoms with Crippen LogP contribution in [0.4, 0.5) is 13.2 Å². The molecule has 146 valence electrons. The number of alkyl halides is 3. The molecule has 2 aromatic heterocycles. The molecular weight excluding hydrogens is 379 g/mol. The third-order valence-electron chi connectivity index (χ3n) is 5.46. The molecule has 2 aromatic rings. The largest absolute Gasteiger partial charge is 0.406 e. The average molecular weight is 399 g/mol. The van der Waals surface area contributed by atoms with Gasteiger partial charge in [-0.3, -0.25) is 14.2 Å². The number of hydrogen-bond donors (Lipinski definition) is 0. The molecule has 0 radical (unpaired) electrons. The quantitative estimate of drug-likeness (QED) is 0.776. The predicted octanol–water partition coefficient (Wildman–Crippen LogP) is 3.14. The molecule has 0 N–H and O–H groups in total. The Labute approximate surface area is 157 Å². The Morgan fingerprint density at radius 1 is 1.41 bits per heavy atom. The van der Waals surface area contributed by atoms with E-state index in [1.165, 1.54) is 17.7 Å². The summed E-state index contributed by atoms with van der Waals surface area (Å²) in [4.78, 5) is 32.4. The summed E-state index contributed by atoms with van der Waals surface area (Å²) in [6.45, 7) is -0.0570. The molecule has 1 amide bonds. The average Bonchev–Trinajstić information content (AvgIpc) is 3.23. The Morgan fingerprint density at radius 3 is 2.81 bits per heavy atom. The van der Waals surface area contributed by atoms with Gasteiger partial charge in [0.2, 0.25) is 5.91 Å². The summed E-state index contributed by atoms with van der Waals surface area (Å²) < 4.78 is 40.1. The molecule has 0 bridgehead atoms. The third-order valence-corrected chi connectivity index (χ3v) is 6.66. The Hall–Kier alpha value is -1.90. The maximum Gasteiger partial charge on any atom is 0.406 e. The highest BCUT2D eigenvalue weighted by molar-refractivity contribution is 7.18. The molecule has 9 heteroatoms. The zero-order valence-electron chi connectivity index (χ0n) is 14.9. The summed E-state index contributed by atoms with van der Waals surface area (Å²) in [5.41, 5.74) is 0.659. The summed E-state index contributed by atoms with van der Waals surface area (Å²) in [7, 11) is 0. The molecular formula is C18H20F3N3O2S. The fourth-order valence-corrected chi connectivity index (χ4v) is 5.07. The van der Waals surface area contributed by atoms with Crippen LogP contribution in [0.3, 0.4) is 0 Å². The highest BCUT2D eigenvalue weighted by Crippen LogP contribution is 2.36. The second-order valence-electron chi connectivity index (χ2n) is 7.43. The molecule has 0 aromatic carbocycles. The fraction of sp³-hybridized carbons (Fsp3) is 0.611. The molecule has 5 nitrogen and oxygen atoms in total. The van der Waals surface area contributed by atoms with Gasteiger partial charge in [-0.05, 0) is 50.5 Å². The molecule has 1 atom stereocenters. The van der Waals surface area contributed by atoms with Crippen LogP contribution in [0.2, 0.25) is 0 Å². The first-order chi connectivity index (χ1) is 12.7. The molecule has 2 heterocycles. The molecule has 2 aliphatic carbocycles. The van der Waals surface area contributed by atoms with Gasteiger partial charge in [-0.15, -0.1) is 11.3 Å². The Morgan fingerprint density at radius 2 is 2.15 bits per heavy atom. The van der Waals surface area contributed by atoms with Crippen molar-refractivity contribution in [1.29, 1.82) is 0 Å².